The van der Waals surface area contributed by atoms with Gasteiger partial charge in [-0.2, -0.15) is 0 Å². The predicted octanol–water partition coefficient (Wildman–Crippen LogP) is 5.01. The van der Waals surface area contributed by atoms with Crippen molar-refractivity contribution in [2.45, 2.75) is 38.0 Å². The van der Waals surface area contributed by atoms with Gasteiger partial charge in [-0.15, -0.1) is 11.3 Å². The van der Waals surface area contributed by atoms with E-state index in [0.29, 0.717) is 5.75 Å². The summed E-state index contributed by atoms with van der Waals surface area (Å²) in [6, 6.07) is 8.22. The molecule has 0 bridgehead atoms. The number of ether oxygens (including phenoxy) is 1. The number of carbonyl (C=O) groups excluding carboxylic acids is 1. The van der Waals surface area contributed by atoms with Crippen LogP contribution in [0, 0.1) is 0 Å². The van der Waals surface area contributed by atoms with Crippen molar-refractivity contribution in [2.24, 2.45) is 0 Å². The molecule has 0 saturated heterocycles. The molecule has 0 spiro atoms. The molecule has 1 aliphatic carbocycles. The molecular weight excluding hydrogens is 282 g/mol. The molecule has 1 aliphatic rings. The Bertz CT molecular complexity index is 641. The molecule has 2 aromatic rings. The highest BCUT2D eigenvalue weighted by atomic mass is 32.1. The number of hydrogen-bond donors (Lipinski definition) is 0. The van der Waals surface area contributed by atoms with Crippen molar-refractivity contribution in [1.82, 2.24) is 4.90 Å². The number of rotatable bonds is 2. The highest BCUT2D eigenvalue weighted by molar-refractivity contribution is 7.19. The van der Waals surface area contributed by atoms with Gasteiger partial charge in [-0.3, -0.25) is 0 Å². The van der Waals surface area contributed by atoms with E-state index in [9.17, 15) is 4.79 Å². The Kier molecular flexibility index (Phi) is 4.15. The zero-order valence-corrected chi connectivity index (χ0v) is 13.4. The summed E-state index contributed by atoms with van der Waals surface area (Å²) in [6.45, 7) is 0. The monoisotopic (exact) mass is 303 g/mol. The molecule has 0 radical (unpaired) electrons. The number of carbonyl (C=O) groups is 1. The first kappa shape index (κ1) is 14.4. The van der Waals surface area contributed by atoms with E-state index in [0.717, 1.165) is 5.92 Å². The van der Waals surface area contributed by atoms with Crippen LogP contribution in [-0.4, -0.2) is 25.1 Å². The Balaban J connectivity index is 1.82. The lowest BCUT2D eigenvalue weighted by atomic mass is 9.88. The number of thiophene rings is 1. The van der Waals surface area contributed by atoms with Crippen molar-refractivity contribution in [3.05, 3.63) is 29.1 Å². The van der Waals surface area contributed by atoms with Gasteiger partial charge in [0, 0.05) is 23.7 Å². The number of nitrogens with zero attached hydrogens (tertiary/aromatic N) is 1. The molecule has 3 nitrogen and oxygen atoms in total. The minimum atomic E-state index is -0.335. The van der Waals surface area contributed by atoms with Gasteiger partial charge in [-0.05, 0) is 48.4 Å². The average molecular weight is 303 g/mol. The molecule has 0 N–H and O–H groups in total. The van der Waals surface area contributed by atoms with E-state index in [4.69, 9.17) is 4.74 Å². The van der Waals surface area contributed by atoms with Gasteiger partial charge < -0.3 is 9.64 Å². The number of fused-ring (bicyclic) bond motifs is 1. The predicted molar refractivity (Wildman–Crippen MR) is 87.4 cm³/mol. The van der Waals surface area contributed by atoms with Crippen LogP contribution in [0.25, 0.3) is 10.1 Å². The van der Waals surface area contributed by atoms with Crippen LogP contribution in [0.5, 0.6) is 5.75 Å². The van der Waals surface area contributed by atoms with Crippen molar-refractivity contribution in [2.75, 3.05) is 14.1 Å². The van der Waals surface area contributed by atoms with Crippen molar-refractivity contribution < 1.29 is 9.53 Å². The highest BCUT2D eigenvalue weighted by Crippen LogP contribution is 2.39. The van der Waals surface area contributed by atoms with Crippen LogP contribution in [-0.2, 0) is 0 Å². The van der Waals surface area contributed by atoms with Crippen LogP contribution in [0.4, 0.5) is 4.79 Å². The second kappa shape index (κ2) is 6.06. The van der Waals surface area contributed by atoms with Gasteiger partial charge >= 0.3 is 6.09 Å². The molecule has 4 heteroatoms. The summed E-state index contributed by atoms with van der Waals surface area (Å²) in [7, 11) is 3.38. The minimum Gasteiger partial charge on any atom is -0.410 e. The molecule has 1 aromatic carbocycles. The average Bonchev–Trinajstić information content (AvgIpc) is 2.91. The topological polar surface area (TPSA) is 29.5 Å². The molecule has 1 saturated carbocycles. The van der Waals surface area contributed by atoms with E-state index in [-0.39, 0.29) is 6.09 Å². The Labute approximate surface area is 129 Å². The summed E-state index contributed by atoms with van der Waals surface area (Å²) in [5, 5.41) is 1.25. The lowest BCUT2D eigenvalue weighted by Gasteiger charge is -2.19. The lowest BCUT2D eigenvalue weighted by Crippen LogP contribution is -2.25. The minimum absolute atomic E-state index is 0.335. The normalized spacial score (nSPS) is 16.1. The van der Waals surface area contributed by atoms with Gasteiger partial charge in [0.15, 0.2) is 0 Å². The molecule has 0 atom stereocenters. The summed E-state index contributed by atoms with van der Waals surface area (Å²) in [4.78, 5) is 14.5. The van der Waals surface area contributed by atoms with E-state index in [2.05, 4.69) is 12.1 Å². The van der Waals surface area contributed by atoms with Crippen LogP contribution >= 0.6 is 11.3 Å². The van der Waals surface area contributed by atoms with Crippen molar-refractivity contribution in [3.63, 3.8) is 0 Å². The molecule has 3 rings (SSSR count). The molecule has 1 aromatic heterocycles. The third kappa shape index (κ3) is 3.21. The van der Waals surface area contributed by atoms with E-state index >= 15 is 0 Å². The van der Waals surface area contributed by atoms with Crippen LogP contribution in [0.15, 0.2) is 24.3 Å². The Hall–Kier alpha value is -1.55. The zero-order chi connectivity index (χ0) is 14.8. The maximum atomic E-state index is 11.6. The maximum absolute atomic E-state index is 11.6. The molecule has 21 heavy (non-hydrogen) atoms. The van der Waals surface area contributed by atoms with E-state index in [1.165, 1.54) is 52.0 Å². The number of benzene rings is 1. The van der Waals surface area contributed by atoms with Gasteiger partial charge in [0.1, 0.15) is 5.75 Å². The molecule has 112 valence electrons. The second-order valence-electron chi connectivity index (χ2n) is 5.95. The summed E-state index contributed by atoms with van der Waals surface area (Å²) >= 11 is 1.85. The van der Waals surface area contributed by atoms with E-state index < -0.39 is 0 Å². The van der Waals surface area contributed by atoms with Gasteiger partial charge in [-0.25, -0.2) is 4.79 Å². The first-order valence-electron chi connectivity index (χ1n) is 7.56. The van der Waals surface area contributed by atoms with Gasteiger partial charge in [0.2, 0.25) is 0 Å². The first-order valence-corrected chi connectivity index (χ1v) is 8.38. The first-order chi connectivity index (χ1) is 10.1. The second-order valence-corrected chi connectivity index (χ2v) is 7.06. The Morgan fingerprint density at radius 1 is 1.19 bits per heavy atom. The van der Waals surface area contributed by atoms with Crippen LogP contribution < -0.4 is 4.74 Å². The molecule has 1 amide bonds. The third-order valence-corrected chi connectivity index (χ3v) is 5.35. The molecule has 1 heterocycles. The molecule has 1 fully saturated rings. The fraction of sp³-hybridized carbons (Fsp3) is 0.471. The zero-order valence-electron chi connectivity index (χ0n) is 12.6. The lowest BCUT2D eigenvalue weighted by molar-refractivity contribution is 0.172. The molecular formula is C17H21NO2S. The van der Waals surface area contributed by atoms with E-state index in [1.807, 2.05) is 23.5 Å². The summed E-state index contributed by atoms with van der Waals surface area (Å²) in [5.74, 6) is 1.35. The smallest absolute Gasteiger partial charge is 0.410 e. The SMILES string of the molecule is CN(C)C(=O)Oc1ccc2cc(C3CCCCC3)sc2c1. The van der Waals surface area contributed by atoms with Crippen molar-refractivity contribution >= 4 is 27.5 Å². The fourth-order valence-electron chi connectivity index (χ4n) is 2.88. The highest BCUT2D eigenvalue weighted by Gasteiger charge is 2.18. The number of hydrogen-bond acceptors (Lipinski definition) is 3. The van der Waals surface area contributed by atoms with E-state index in [1.54, 1.807) is 14.1 Å². The largest absolute Gasteiger partial charge is 0.414 e. The molecule has 0 unspecified atom stereocenters. The third-order valence-electron chi connectivity index (χ3n) is 4.09. The molecule has 0 aliphatic heterocycles. The van der Waals surface area contributed by atoms with Gasteiger partial charge in [0.25, 0.3) is 0 Å². The quantitative estimate of drug-likeness (QED) is 0.780. The fourth-order valence-corrected chi connectivity index (χ4v) is 4.14. The Morgan fingerprint density at radius 3 is 2.67 bits per heavy atom. The van der Waals surface area contributed by atoms with Crippen LogP contribution in [0.1, 0.15) is 42.9 Å². The summed E-state index contributed by atoms with van der Waals surface area (Å²) in [6.07, 6.45) is 6.38. The van der Waals surface area contributed by atoms with Crippen LogP contribution in [0.2, 0.25) is 0 Å². The standard InChI is InChI=1S/C17H21NO2S/c1-18(2)17(19)20-14-9-8-13-10-15(21-16(13)11-14)12-6-4-3-5-7-12/h8-12H,3-7H2,1-2H3. The van der Waals surface area contributed by atoms with Crippen molar-refractivity contribution in [3.8, 4) is 5.75 Å². The van der Waals surface area contributed by atoms with Gasteiger partial charge in [-0.1, -0.05) is 19.3 Å². The van der Waals surface area contributed by atoms with Crippen LogP contribution in [0.3, 0.4) is 0 Å². The Morgan fingerprint density at radius 2 is 1.95 bits per heavy atom. The number of amides is 1. The van der Waals surface area contributed by atoms with Gasteiger partial charge in [0.05, 0.1) is 0 Å². The summed E-state index contributed by atoms with van der Waals surface area (Å²) < 4.78 is 6.54. The summed E-state index contributed by atoms with van der Waals surface area (Å²) in [5.41, 5.74) is 0. The maximum Gasteiger partial charge on any atom is 0.414 e. The van der Waals surface area contributed by atoms with Crippen molar-refractivity contribution in [1.29, 1.82) is 0 Å².